The number of aliphatic hydroxyl groups excluding tert-OH is 1. The van der Waals surface area contributed by atoms with Crippen LogP contribution in [-0.4, -0.2) is 42.3 Å². The van der Waals surface area contributed by atoms with E-state index >= 15 is 0 Å². The van der Waals surface area contributed by atoms with Gasteiger partial charge >= 0.3 is 0 Å². The molecule has 1 aromatic rings. The second-order valence-corrected chi connectivity index (χ2v) is 9.73. The molecule has 1 aliphatic rings. The molecule has 162 valence electrons. The van der Waals surface area contributed by atoms with Crippen molar-refractivity contribution in [3.05, 3.63) is 16.1 Å². The lowest BCUT2D eigenvalue weighted by atomic mass is 9.72. The minimum Gasteiger partial charge on any atom is -0.396 e. The highest BCUT2D eigenvalue weighted by Gasteiger charge is 2.31. The van der Waals surface area contributed by atoms with E-state index in [2.05, 4.69) is 43.7 Å². The Bertz CT molecular complexity index is 586. The van der Waals surface area contributed by atoms with Gasteiger partial charge in [0.15, 0.2) is 5.96 Å². The first-order valence-electron chi connectivity index (χ1n) is 10.5. The van der Waals surface area contributed by atoms with Gasteiger partial charge in [0.05, 0.1) is 10.7 Å². The highest BCUT2D eigenvalue weighted by Crippen LogP contribution is 2.39. The number of guanidine groups is 1. The van der Waals surface area contributed by atoms with Gasteiger partial charge in [-0.05, 0) is 31.6 Å². The molecule has 0 unspecified atom stereocenters. The highest BCUT2D eigenvalue weighted by molar-refractivity contribution is 14.0. The van der Waals surface area contributed by atoms with E-state index in [4.69, 9.17) is 9.98 Å². The monoisotopic (exact) mass is 522 g/mol. The third-order valence-electron chi connectivity index (χ3n) is 5.42. The SMILES string of the molecule is CCNC(=NCC1(CCO)CCCCC1)NCCc1nc(C(C)(C)C)cs1.I. The lowest BCUT2D eigenvalue weighted by molar-refractivity contribution is 0.137. The molecule has 5 nitrogen and oxygen atoms in total. The standard InChI is InChI=1S/C21H38N4OS.HI/c1-5-22-19(24-16-21(12-14-26)10-7-6-8-11-21)23-13-9-18-25-17(15-27-18)20(2,3)4;/h15,26H,5-14,16H2,1-4H3,(H2,22,23,24);1H. The van der Waals surface area contributed by atoms with Crippen LogP contribution in [0.15, 0.2) is 10.4 Å². The van der Waals surface area contributed by atoms with Gasteiger partial charge in [-0.25, -0.2) is 4.98 Å². The van der Waals surface area contributed by atoms with E-state index in [1.54, 1.807) is 11.3 Å². The molecule has 1 fully saturated rings. The Morgan fingerprint density at radius 1 is 1.25 bits per heavy atom. The minimum absolute atomic E-state index is 0. The summed E-state index contributed by atoms with van der Waals surface area (Å²) in [5.41, 5.74) is 1.47. The van der Waals surface area contributed by atoms with Crippen LogP contribution in [0.5, 0.6) is 0 Å². The Kier molecular flexibility index (Phi) is 11.3. The highest BCUT2D eigenvalue weighted by atomic mass is 127. The number of hydrogen-bond donors (Lipinski definition) is 3. The summed E-state index contributed by atoms with van der Waals surface area (Å²) in [4.78, 5) is 9.64. The van der Waals surface area contributed by atoms with Gasteiger partial charge in [0, 0.05) is 43.5 Å². The van der Waals surface area contributed by atoms with E-state index in [1.807, 2.05) is 0 Å². The van der Waals surface area contributed by atoms with Gasteiger partial charge in [-0.1, -0.05) is 40.0 Å². The van der Waals surface area contributed by atoms with Crippen LogP contribution in [-0.2, 0) is 11.8 Å². The summed E-state index contributed by atoms with van der Waals surface area (Å²) in [6, 6.07) is 0. The summed E-state index contributed by atoms with van der Waals surface area (Å²) < 4.78 is 0. The van der Waals surface area contributed by atoms with Crippen molar-refractivity contribution in [3.8, 4) is 0 Å². The molecule has 2 rings (SSSR count). The van der Waals surface area contributed by atoms with Crippen molar-refractivity contribution in [3.63, 3.8) is 0 Å². The van der Waals surface area contributed by atoms with Gasteiger partial charge in [0.1, 0.15) is 0 Å². The lowest BCUT2D eigenvalue weighted by Gasteiger charge is -2.35. The fraction of sp³-hybridized carbons (Fsp3) is 0.810. The zero-order chi connectivity index (χ0) is 19.8. The number of nitrogens with one attached hydrogen (secondary N) is 2. The van der Waals surface area contributed by atoms with Crippen molar-refractivity contribution in [2.24, 2.45) is 10.4 Å². The Morgan fingerprint density at radius 2 is 1.96 bits per heavy atom. The number of aliphatic hydroxyl groups is 1. The molecule has 3 N–H and O–H groups in total. The average Bonchev–Trinajstić information content (AvgIpc) is 3.10. The van der Waals surface area contributed by atoms with Crippen LogP contribution in [0.2, 0.25) is 0 Å². The van der Waals surface area contributed by atoms with Crippen LogP contribution >= 0.6 is 35.3 Å². The molecule has 7 heteroatoms. The van der Waals surface area contributed by atoms with E-state index in [-0.39, 0.29) is 41.4 Å². The Labute approximate surface area is 192 Å². The zero-order valence-corrected chi connectivity index (χ0v) is 21.2. The fourth-order valence-electron chi connectivity index (χ4n) is 3.67. The second kappa shape index (κ2) is 12.3. The predicted molar refractivity (Wildman–Crippen MR) is 131 cm³/mol. The van der Waals surface area contributed by atoms with Crippen LogP contribution in [0, 0.1) is 5.41 Å². The molecule has 0 saturated heterocycles. The van der Waals surface area contributed by atoms with E-state index < -0.39 is 0 Å². The first-order chi connectivity index (χ1) is 12.9. The number of nitrogens with zero attached hydrogens (tertiary/aromatic N) is 2. The molecule has 1 heterocycles. The van der Waals surface area contributed by atoms with Crippen molar-refractivity contribution in [1.29, 1.82) is 0 Å². The normalized spacial score (nSPS) is 17.1. The molecule has 0 amide bonds. The molecule has 0 aliphatic heterocycles. The van der Waals surface area contributed by atoms with E-state index in [0.717, 1.165) is 38.4 Å². The van der Waals surface area contributed by atoms with Gasteiger partial charge in [0.2, 0.25) is 0 Å². The first-order valence-corrected chi connectivity index (χ1v) is 11.3. The van der Waals surface area contributed by atoms with Crippen LogP contribution in [0.4, 0.5) is 0 Å². The molecule has 0 spiro atoms. The molecule has 0 atom stereocenters. The molecule has 1 aliphatic carbocycles. The van der Waals surface area contributed by atoms with Gasteiger partial charge in [0.25, 0.3) is 0 Å². The van der Waals surface area contributed by atoms with Crippen molar-refractivity contribution >= 4 is 41.3 Å². The summed E-state index contributed by atoms with van der Waals surface area (Å²) in [5, 5.41) is 19.7. The molecule has 0 radical (unpaired) electrons. The van der Waals surface area contributed by atoms with Crippen LogP contribution in [0.1, 0.15) is 76.9 Å². The minimum atomic E-state index is 0. The Balaban J connectivity index is 0.00000392. The van der Waals surface area contributed by atoms with Gasteiger partial charge in [-0.2, -0.15) is 0 Å². The average molecular weight is 523 g/mol. The number of hydrogen-bond acceptors (Lipinski definition) is 4. The number of halogens is 1. The molecule has 0 aromatic carbocycles. The first kappa shape index (κ1) is 25.6. The van der Waals surface area contributed by atoms with Crippen molar-refractivity contribution in [2.75, 3.05) is 26.2 Å². The largest absolute Gasteiger partial charge is 0.396 e. The topological polar surface area (TPSA) is 69.5 Å². The maximum atomic E-state index is 9.49. The van der Waals surface area contributed by atoms with Crippen LogP contribution in [0.25, 0.3) is 0 Å². The third-order valence-corrected chi connectivity index (χ3v) is 6.33. The van der Waals surface area contributed by atoms with Crippen molar-refractivity contribution in [1.82, 2.24) is 15.6 Å². The summed E-state index contributed by atoms with van der Waals surface area (Å²) in [5.74, 6) is 0.882. The number of aliphatic imine (C=N–C) groups is 1. The number of aromatic nitrogens is 1. The van der Waals surface area contributed by atoms with Crippen molar-refractivity contribution < 1.29 is 5.11 Å². The molecular weight excluding hydrogens is 483 g/mol. The van der Waals surface area contributed by atoms with E-state index in [1.165, 1.54) is 42.8 Å². The van der Waals surface area contributed by atoms with Crippen LogP contribution < -0.4 is 10.6 Å². The summed E-state index contributed by atoms with van der Waals surface area (Å²) in [6.45, 7) is 11.4. The predicted octanol–water partition coefficient (Wildman–Crippen LogP) is 4.49. The maximum Gasteiger partial charge on any atom is 0.191 e. The van der Waals surface area contributed by atoms with Gasteiger partial charge < -0.3 is 15.7 Å². The molecule has 28 heavy (non-hydrogen) atoms. The fourth-order valence-corrected chi connectivity index (χ4v) is 4.70. The van der Waals surface area contributed by atoms with Crippen LogP contribution in [0.3, 0.4) is 0 Å². The molecule has 0 bridgehead atoms. The molecular formula is C21H39IN4OS. The number of thiazole rings is 1. The molecule has 1 saturated carbocycles. The van der Waals surface area contributed by atoms with Gasteiger partial charge in [-0.15, -0.1) is 35.3 Å². The van der Waals surface area contributed by atoms with Gasteiger partial charge in [-0.3, -0.25) is 4.99 Å². The second-order valence-electron chi connectivity index (χ2n) is 8.78. The van der Waals surface area contributed by atoms with E-state index in [9.17, 15) is 5.11 Å². The molecule has 1 aromatic heterocycles. The Hall–Kier alpha value is -0.410. The van der Waals surface area contributed by atoms with Crippen molar-refractivity contribution in [2.45, 2.75) is 78.1 Å². The smallest absolute Gasteiger partial charge is 0.191 e. The maximum absolute atomic E-state index is 9.49. The Morgan fingerprint density at radius 3 is 2.54 bits per heavy atom. The quantitative estimate of drug-likeness (QED) is 0.267. The lowest BCUT2D eigenvalue weighted by Crippen LogP contribution is -2.40. The number of rotatable bonds is 8. The summed E-state index contributed by atoms with van der Waals surface area (Å²) in [7, 11) is 0. The summed E-state index contributed by atoms with van der Waals surface area (Å²) >= 11 is 1.74. The third kappa shape index (κ3) is 8.14. The van der Waals surface area contributed by atoms with E-state index in [0.29, 0.717) is 0 Å². The zero-order valence-electron chi connectivity index (χ0n) is 18.0. The summed E-state index contributed by atoms with van der Waals surface area (Å²) in [6.07, 6.45) is 7.99.